The molecule has 0 bridgehead atoms. The Balaban J connectivity index is 2.35. The zero-order valence-electron chi connectivity index (χ0n) is 6.41. The number of aromatic amines is 1. The van der Waals surface area contributed by atoms with Crippen molar-refractivity contribution < 1.29 is 9.66 Å². The average Bonchev–Trinajstić information content (AvgIpc) is 2.70. The molecule has 14 heavy (non-hydrogen) atoms. The molecular formula is C3H2N8O3. The highest BCUT2D eigenvalue weighted by atomic mass is 16.7. The lowest BCUT2D eigenvalue weighted by molar-refractivity contribution is -0.445. The topological polar surface area (TPSA) is 149 Å². The Labute approximate surface area is 74.6 Å². The number of aromatic nitrogens is 6. The summed E-state index contributed by atoms with van der Waals surface area (Å²) in [4.78, 5) is 10.1. The normalized spacial score (nSPS) is 10.0. The molecule has 0 amide bonds. The molecule has 0 aliphatic carbocycles. The Morgan fingerprint density at radius 3 is 3.00 bits per heavy atom. The summed E-state index contributed by atoms with van der Waals surface area (Å²) in [6.07, 6.45) is 0. The number of hydrazine groups is 1. The van der Waals surface area contributed by atoms with Gasteiger partial charge < -0.3 is 0 Å². The summed E-state index contributed by atoms with van der Waals surface area (Å²) in [6, 6.07) is 0. The Morgan fingerprint density at radius 2 is 2.36 bits per heavy atom. The van der Waals surface area contributed by atoms with Crippen molar-refractivity contribution in [3.63, 3.8) is 0 Å². The molecule has 0 saturated carbocycles. The van der Waals surface area contributed by atoms with Gasteiger partial charge in [-0.1, -0.05) is 5.43 Å². The molecule has 2 N–H and O–H groups in total. The second-order valence-corrected chi connectivity index (χ2v) is 2.07. The van der Waals surface area contributed by atoms with Gasteiger partial charge in [-0.15, -0.1) is 10.2 Å². The molecule has 11 heteroatoms. The van der Waals surface area contributed by atoms with Gasteiger partial charge in [0.2, 0.25) is 11.5 Å². The largest absolute Gasteiger partial charge is 0.265 e. The van der Waals surface area contributed by atoms with Crippen LogP contribution < -0.4 is 5.43 Å². The van der Waals surface area contributed by atoms with Crippen molar-refractivity contribution in [2.75, 3.05) is 5.43 Å². The van der Waals surface area contributed by atoms with Gasteiger partial charge in [0.05, 0.1) is 0 Å². The Bertz CT molecular complexity index is 432. The van der Waals surface area contributed by atoms with Gasteiger partial charge in [-0.2, -0.15) is 5.21 Å². The van der Waals surface area contributed by atoms with Crippen molar-refractivity contribution in [2.45, 2.75) is 0 Å². The highest BCUT2D eigenvalue weighted by molar-refractivity contribution is 5.62. The van der Waals surface area contributed by atoms with Crippen molar-refractivity contribution in [2.24, 2.45) is 0 Å². The number of H-pyrrole nitrogens is 1. The fourth-order valence-corrected chi connectivity index (χ4v) is 0.757. The molecule has 2 aromatic rings. The lowest BCUT2D eigenvalue weighted by Crippen LogP contribution is -2.09. The Morgan fingerprint density at radius 1 is 1.50 bits per heavy atom. The first kappa shape index (κ1) is 8.03. The summed E-state index contributed by atoms with van der Waals surface area (Å²) < 4.78 is 4.28. The predicted molar refractivity (Wildman–Crippen MR) is 38.1 cm³/mol. The zero-order chi connectivity index (χ0) is 9.97. The highest BCUT2D eigenvalue weighted by Gasteiger charge is 2.19. The molecule has 2 heterocycles. The van der Waals surface area contributed by atoms with Crippen LogP contribution in [0.2, 0.25) is 0 Å². The van der Waals surface area contributed by atoms with Crippen molar-refractivity contribution in [1.29, 1.82) is 0 Å². The second kappa shape index (κ2) is 3.04. The fourth-order valence-electron chi connectivity index (χ4n) is 0.757. The summed E-state index contributed by atoms with van der Waals surface area (Å²) in [5.41, 5.74) is 1.78. The van der Waals surface area contributed by atoms with Crippen LogP contribution in [0.3, 0.4) is 0 Å². The summed E-state index contributed by atoms with van der Waals surface area (Å²) in [5, 5.41) is 28.5. The van der Waals surface area contributed by atoms with Crippen molar-refractivity contribution in [3.8, 4) is 11.5 Å². The van der Waals surface area contributed by atoms with Gasteiger partial charge in [0, 0.05) is 0 Å². The molecule has 0 saturated heterocycles. The molecular weight excluding hydrogens is 196 g/mol. The van der Waals surface area contributed by atoms with Crippen molar-refractivity contribution in [3.05, 3.63) is 10.1 Å². The van der Waals surface area contributed by atoms with E-state index in [4.69, 9.17) is 0 Å². The number of anilines is 1. The second-order valence-electron chi connectivity index (χ2n) is 2.07. The lowest BCUT2D eigenvalue weighted by atomic mass is 10.4. The minimum Gasteiger partial charge on any atom is -0.241 e. The SMILES string of the molecule is O=[N+]([O-])Nc1nonc1-c1nn[nH]n1. The smallest absolute Gasteiger partial charge is 0.241 e. The van der Waals surface area contributed by atoms with E-state index in [9.17, 15) is 10.1 Å². The fraction of sp³-hybridized carbons (Fsp3) is 0. The number of hydrogen-bond acceptors (Lipinski definition) is 8. The van der Waals surface area contributed by atoms with Crippen LogP contribution in [0.1, 0.15) is 0 Å². The first-order valence-electron chi connectivity index (χ1n) is 3.25. The summed E-state index contributed by atoms with van der Waals surface area (Å²) in [7, 11) is 0. The van der Waals surface area contributed by atoms with E-state index in [-0.39, 0.29) is 17.3 Å². The van der Waals surface area contributed by atoms with Crippen LogP contribution in [-0.2, 0) is 0 Å². The van der Waals surface area contributed by atoms with Crippen LogP contribution in [0, 0.1) is 10.1 Å². The van der Waals surface area contributed by atoms with E-state index in [1.54, 1.807) is 5.43 Å². The van der Waals surface area contributed by atoms with Crippen molar-refractivity contribution in [1.82, 2.24) is 30.9 Å². The van der Waals surface area contributed by atoms with E-state index in [2.05, 4.69) is 35.6 Å². The minimum absolute atomic E-state index is 0.00968. The van der Waals surface area contributed by atoms with Gasteiger partial charge in [-0.25, -0.2) is 14.7 Å². The molecule has 11 nitrogen and oxygen atoms in total. The highest BCUT2D eigenvalue weighted by Crippen LogP contribution is 2.18. The van der Waals surface area contributed by atoms with E-state index in [1.165, 1.54) is 0 Å². The maximum atomic E-state index is 10.1. The number of nitrogens with zero attached hydrogens (tertiary/aromatic N) is 6. The molecule has 0 fully saturated rings. The van der Waals surface area contributed by atoms with E-state index >= 15 is 0 Å². The summed E-state index contributed by atoms with van der Waals surface area (Å²) in [5.74, 6) is -0.132. The van der Waals surface area contributed by atoms with Crippen LogP contribution in [0.4, 0.5) is 5.82 Å². The van der Waals surface area contributed by atoms with Gasteiger partial charge in [0.1, 0.15) is 0 Å². The molecule has 2 rings (SSSR count). The quantitative estimate of drug-likeness (QED) is 0.460. The Kier molecular flexibility index (Phi) is 1.74. The standard InChI is InChI=1S/C3H2N8O3/c12-11(13)6-3-1(7-14-8-3)2-4-9-10-5-2/h(H,6,8)(H,4,5,9,10). The van der Waals surface area contributed by atoms with E-state index in [1.807, 2.05) is 0 Å². The zero-order valence-corrected chi connectivity index (χ0v) is 6.41. The predicted octanol–water partition coefficient (Wildman–Crippen LogP) is -1.15. The van der Waals surface area contributed by atoms with Gasteiger partial charge >= 0.3 is 0 Å². The molecule has 72 valence electrons. The van der Waals surface area contributed by atoms with Gasteiger partial charge in [-0.05, 0) is 15.5 Å². The average molecular weight is 198 g/mol. The number of hydrogen-bond donors (Lipinski definition) is 2. The van der Waals surface area contributed by atoms with E-state index < -0.39 is 5.03 Å². The molecule has 0 aliphatic heterocycles. The molecule has 0 atom stereocenters. The van der Waals surface area contributed by atoms with E-state index in [0.717, 1.165) is 0 Å². The van der Waals surface area contributed by atoms with Crippen LogP contribution in [0.15, 0.2) is 4.63 Å². The molecule has 0 radical (unpaired) electrons. The summed E-state index contributed by atoms with van der Waals surface area (Å²) >= 11 is 0. The third-order valence-corrected chi connectivity index (χ3v) is 1.24. The van der Waals surface area contributed by atoms with Crippen LogP contribution in [-0.4, -0.2) is 36.0 Å². The number of tetrazole rings is 1. The molecule has 0 aliphatic rings. The minimum atomic E-state index is -0.802. The lowest BCUT2D eigenvalue weighted by Gasteiger charge is -1.89. The van der Waals surface area contributed by atoms with Crippen molar-refractivity contribution >= 4 is 5.82 Å². The first-order valence-corrected chi connectivity index (χ1v) is 3.25. The van der Waals surface area contributed by atoms with Crippen LogP contribution >= 0.6 is 0 Å². The first-order chi connectivity index (χ1) is 6.77. The van der Waals surface area contributed by atoms with Gasteiger partial charge in [0.15, 0.2) is 5.03 Å². The molecule has 0 aromatic carbocycles. The van der Waals surface area contributed by atoms with Crippen LogP contribution in [0.25, 0.3) is 11.5 Å². The van der Waals surface area contributed by atoms with Crippen LogP contribution in [0.5, 0.6) is 0 Å². The Hall–Kier alpha value is -2.59. The molecule has 2 aromatic heterocycles. The molecule has 0 spiro atoms. The van der Waals surface area contributed by atoms with Gasteiger partial charge in [0.25, 0.3) is 5.82 Å². The van der Waals surface area contributed by atoms with E-state index in [0.29, 0.717) is 0 Å². The third-order valence-electron chi connectivity index (χ3n) is 1.24. The third kappa shape index (κ3) is 1.33. The maximum absolute atomic E-state index is 10.1. The number of nitrogens with one attached hydrogen (secondary N) is 2. The molecule has 0 unspecified atom stereocenters. The summed E-state index contributed by atoms with van der Waals surface area (Å²) in [6.45, 7) is 0. The maximum Gasteiger partial charge on any atom is 0.265 e. The number of rotatable bonds is 3. The van der Waals surface area contributed by atoms with Gasteiger partial charge in [-0.3, -0.25) is 0 Å². The monoisotopic (exact) mass is 198 g/mol. The number of nitro groups is 1.